The van der Waals surface area contributed by atoms with E-state index >= 15 is 0 Å². The monoisotopic (exact) mass is 223 g/mol. The Morgan fingerprint density at radius 3 is 2.81 bits per heavy atom. The Morgan fingerprint density at radius 2 is 2.31 bits per heavy atom. The number of furan rings is 1. The van der Waals surface area contributed by atoms with E-state index in [2.05, 4.69) is 5.32 Å². The van der Waals surface area contributed by atoms with Crippen molar-refractivity contribution in [3.05, 3.63) is 24.2 Å². The highest BCUT2D eigenvalue weighted by molar-refractivity contribution is 5.94. The predicted octanol–water partition coefficient (Wildman–Crippen LogP) is 1.26. The molecule has 1 aromatic rings. The van der Waals surface area contributed by atoms with E-state index in [-0.39, 0.29) is 18.4 Å². The molecule has 0 aliphatic heterocycles. The van der Waals surface area contributed by atoms with E-state index < -0.39 is 5.97 Å². The largest absolute Gasteiger partial charge is 0.481 e. The summed E-state index contributed by atoms with van der Waals surface area (Å²) < 4.78 is 4.80. The highest BCUT2D eigenvalue weighted by Gasteiger charge is 2.33. The molecular weight excluding hydrogens is 210 g/mol. The second-order valence-electron chi connectivity index (χ2n) is 4.03. The summed E-state index contributed by atoms with van der Waals surface area (Å²) in [7, 11) is 0. The van der Waals surface area contributed by atoms with Gasteiger partial charge in [0.1, 0.15) is 6.26 Å². The maximum Gasteiger partial charge on any atom is 0.305 e. The van der Waals surface area contributed by atoms with Crippen LogP contribution in [0.25, 0.3) is 0 Å². The molecule has 1 saturated carbocycles. The number of hydrogen-bond donors (Lipinski definition) is 2. The van der Waals surface area contributed by atoms with E-state index in [9.17, 15) is 9.59 Å². The zero-order valence-corrected chi connectivity index (χ0v) is 8.68. The van der Waals surface area contributed by atoms with Crippen molar-refractivity contribution in [3.63, 3.8) is 0 Å². The highest BCUT2D eigenvalue weighted by atomic mass is 16.4. The molecular formula is C11H13NO4. The molecule has 16 heavy (non-hydrogen) atoms. The molecule has 5 heteroatoms. The van der Waals surface area contributed by atoms with Gasteiger partial charge in [-0.2, -0.15) is 0 Å². The van der Waals surface area contributed by atoms with Crippen LogP contribution in [-0.2, 0) is 4.79 Å². The molecule has 1 aliphatic rings. The van der Waals surface area contributed by atoms with Gasteiger partial charge in [-0.1, -0.05) is 0 Å². The van der Waals surface area contributed by atoms with Gasteiger partial charge in [0.2, 0.25) is 0 Å². The van der Waals surface area contributed by atoms with Crippen LogP contribution in [0.4, 0.5) is 0 Å². The van der Waals surface area contributed by atoms with E-state index in [1.807, 2.05) is 0 Å². The maximum absolute atomic E-state index is 11.7. The lowest BCUT2D eigenvalue weighted by atomic mass is 10.1. The van der Waals surface area contributed by atoms with Crippen molar-refractivity contribution in [1.82, 2.24) is 5.32 Å². The van der Waals surface area contributed by atoms with Crippen molar-refractivity contribution in [2.24, 2.45) is 5.92 Å². The molecule has 0 bridgehead atoms. The average Bonchev–Trinajstić information content (AvgIpc) is 2.91. The van der Waals surface area contributed by atoms with Gasteiger partial charge >= 0.3 is 5.97 Å². The van der Waals surface area contributed by atoms with Gasteiger partial charge in [-0.05, 0) is 24.8 Å². The van der Waals surface area contributed by atoms with Crippen molar-refractivity contribution < 1.29 is 19.1 Å². The molecule has 0 aromatic carbocycles. The van der Waals surface area contributed by atoms with Crippen LogP contribution in [0.3, 0.4) is 0 Å². The first-order chi connectivity index (χ1) is 7.66. The molecule has 86 valence electrons. The van der Waals surface area contributed by atoms with Crippen LogP contribution in [0.2, 0.25) is 0 Å². The third-order valence-electron chi connectivity index (χ3n) is 2.69. The van der Waals surface area contributed by atoms with E-state index in [1.165, 1.54) is 12.5 Å². The molecule has 1 heterocycles. The van der Waals surface area contributed by atoms with Gasteiger partial charge in [0.05, 0.1) is 18.2 Å². The van der Waals surface area contributed by atoms with Crippen LogP contribution in [0.5, 0.6) is 0 Å². The summed E-state index contributed by atoms with van der Waals surface area (Å²) in [5.74, 6) is -0.844. The Kier molecular flexibility index (Phi) is 2.94. The van der Waals surface area contributed by atoms with Gasteiger partial charge in [-0.25, -0.2) is 0 Å². The van der Waals surface area contributed by atoms with Crippen molar-refractivity contribution >= 4 is 11.9 Å². The number of carboxylic acid groups (broad SMARTS) is 1. The van der Waals surface area contributed by atoms with Crippen molar-refractivity contribution in [2.75, 3.05) is 0 Å². The Balaban J connectivity index is 1.95. The first-order valence-corrected chi connectivity index (χ1v) is 5.21. The zero-order chi connectivity index (χ0) is 11.5. The molecule has 1 fully saturated rings. The number of carbonyl (C=O) groups excluding carboxylic acids is 1. The van der Waals surface area contributed by atoms with Crippen LogP contribution in [0.1, 0.15) is 29.6 Å². The molecule has 1 atom stereocenters. The molecule has 0 radical (unpaired) electrons. The van der Waals surface area contributed by atoms with Crippen molar-refractivity contribution in [2.45, 2.75) is 25.3 Å². The van der Waals surface area contributed by atoms with Crippen LogP contribution < -0.4 is 5.32 Å². The fourth-order valence-corrected chi connectivity index (χ4v) is 1.67. The number of carboxylic acids is 1. The fraction of sp³-hybridized carbons (Fsp3) is 0.455. The first kappa shape index (κ1) is 10.7. The van der Waals surface area contributed by atoms with Gasteiger partial charge in [-0.3, -0.25) is 9.59 Å². The highest BCUT2D eigenvalue weighted by Crippen LogP contribution is 2.34. The summed E-state index contributed by atoms with van der Waals surface area (Å²) in [5, 5.41) is 11.5. The molecule has 1 unspecified atom stereocenters. The van der Waals surface area contributed by atoms with Crippen LogP contribution in [-0.4, -0.2) is 23.0 Å². The van der Waals surface area contributed by atoms with Crippen LogP contribution in [0, 0.1) is 5.92 Å². The predicted molar refractivity (Wildman–Crippen MR) is 54.9 cm³/mol. The second kappa shape index (κ2) is 4.38. The van der Waals surface area contributed by atoms with Gasteiger partial charge < -0.3 is 14.8 Å². The minimum absolute atomic E-state index is 0.0196. The summed E-state index contributed by atoms with van der Waals surface area (Å²) in [6.45, 7) is 0. The van der Waals surface area contributed by atoms with Gasteiger partial charge in [0.15, 0.2) is 0 Å². The Labute approximate surface area is 92.4 Å². The fourth-order valence-electron chi connectivity index (χ4n) is 1.67. The molecule has 5 nitrogen and oxygen atoms in total. The standard InChI is InChI=1S/C11H13NO4/c13-10(14)5-9(7-1-2-7)12-11(15)8-3-4-16-6-8/h3-4,6-7,9H,1-2,5H2,(H,12,15)(H,13,14). The molecule has 1 amide bonds. The topological polar surface area (TPSA) is 79.5 Å². The average molecular weight is 223 g/mol. The maximum atomic E-state index is 11.7. The lowest BCUT2D eigenvalue weighted by Gasteiger charge is -2.15. The molecule has 2 rings (SSSR count). The van der Waals surface area contributed by atoms with Crippen molar-refractivity contribution in [3.8, 4) is 0 Å². The lowest BCUT2D eigenvalue weighted by molar-refractivity contribution is -0.137. The number of nitrogens with one attached hydrogen (secondary N) is 1. The van der Waals surface area contributed by atoms with E-state index in [4.69, 9.17) is 9.52 Å². The summed E-state index contributed by atoms with van der Waals surface area (Å²) in [6.07, 6.45) is 4.72. The zero-order valence-electron chi connectivity index (χ0n) is 8.68. The van der Waals surface area contributed by atoms with Crippen molar-refractivity contribution in [1.29, 1.82) is 0 Å². The normalized spacial score (nSPS) is 16.8. The molecule has 0 spiro atoms. The molecule has 2 N–H and O–H groups in total. The van der Waals surface area contributed by atoms with Gasteiger partial charge in [0.25, 0.3) is 5.91 Å². The van der Waals surface area contributed by atoms with Gasteiger partial charge in [-0.15, -0.1) is 0 Å². The third-order valence-corrected chi connectivity index (χ3v) is 2.69. The van der Waals surface area contributed by atoms with Gasteiger partial charge in [0, 0.05) is 6.04 Å². The molecule has 0 saturated heterocycles. The lowest BCUT2D eigenvalue weighted by Crippen LogP contribution is -2.37. The Bertz CT molecular complexity index is 381. The number of aliphatic carboxylic acids is 1. The van der Waals surface area contributed by atoms with Crippen LogP contribution >= 0.6 is 0 Å². The summed E-state index contributed by atoms with van der Waals surface area (Å²) in [5.41, 5.74) is 0.427. The Morgan fingerprint density at radius 1 is 1.56 bits per heavy atom. The van der Waals surface area contributed by atoms with Crippen LogP contribution in [0.15, 0.2) is 23.0 Å². The summed E-state index contributed by atoms with van der Waals surface area (Å²) >= 11 is 0. The SMILES string of the molecule is O=C(O)CC(NC(=O)c1ccoc1)C1CC1. The summed E-state index contributed by atoms with van der Waals surface area (Å²) in [4.78, 5) is 22.3. The second-order valence-corrected chi connectivity index (χ2v) is 4.03. The molecule has 1 aliphatic carbocycles. The van der Waals surface area contributed by atoms with E-state index in [1.54, 1.807) is 6.07 Å². The van der Waals surface area contributed by atoms with E-state index in [0.717, 1.165) is 12.8 Å². The molecule has 1 aromatic heterocycles. The first-order valence-electron chi connectivity index (χ1n) is 5.21. The number of carbonyl (C=O) groups is 2. The quantitative estimate of drug-likeness (QED) is 0.787. The Hall–Kier alpha value is -1.78. The minimum atomic E-state index is -0.885. The third kappa shape index (κ3) is 2.62. The van der Waals surface area contributed by atoms with E-state index in [0.29, 0.717) is 11.5 Å². The number of rotatable bonds is 5. The number of amides is 1. The summed E-state index contributed by atoms with van der Waals surface area (Å²) in [6, 6.07) is 1.29. The minimum Gasteiger partial charge on any atom is -0.481 e. The number of hydrogen-bond acceptors (Lipinski definition) is 3. The smallest absolute Gasteiger partial charge is 0.305 e.